The third-order valence-corrected chi connectivity index (χ3v) is 3.94. The van der Waals surface area contributed by atoms with Crippen LogP contribution in [0.1, 0.15) is 16.8 Å². The minimum Gasteiger partial charge on any atom is -0.457 e. The summed E-state index contributed by atoms with van der Waals surface area (Å²) in [6.07, 6.45) is 0.626. The molecule has 2 amide bonds. The van der Waals surface area contributed by atoms with E-state index in [1.54, 1.807) is 29.2 Å². The molecular formula is C18H18N2O3. The summed E-state index contributed by atoms with van der Waals surface area (Å²) in [5.74, 6) is 0.621. The first-order chi connectivity index (χ1) is 11.1. The molecule has 0 unspecified atom stereocenters. The minimum absolute atomic E-state index is 0.104. The Labute approximate surface area is 134 Å². The van der Waals surface area contributed by atoms with Crippen LogP contribution in [-0.4, -0.2) is 29.8 Å². The highest BCUT2D eigenvalue weighted by atomic mass is 16.5. The normalized spacial score (nSPS) is 17.0. The SMILES string of the molecule is NC(=O)[C@H]1CCN(C(=O)c2cccc(Oc3ccccc3)c2)C1. The summed E-state index contributed by atoms with van der Waals surface area (Å²) in [7, 11) is 0. The third-order valence-electron chi connectivity index (χ3n) is 3.94. The Morgan fingerprint density at radius 1 is 1.04 bits per heavy atom. The van der Waals surface area contributed by atoms with Crippen LogP contribution in [0.15, 0.2) is 54.6 Å². The second-order valence-electron chi connectivity index (χ2n) is 5.58. The van der Waals surface area contributed by atoms with E-state index in [2.05, 4.69) is 0 Å². The van der Waals surface area contributed by atoms with Crippen molar-refractivity contribution in [3.05, 3.63) is 60.2 Å². The molecule has 0 aliphatic carbocycles. The maximum Gasteiger partial charge on any atom is 0.254 e. The maximum absolute atomic E-state index is 12.5. The summed E-state index contributed by atoms with van der Waals surface area (Å²) in [6.45, 7) is 0.939. The third kappa shape index (κ3) is 3.51. The number of nitrogens with two attached hydrogens (primary N) is 1. The van der Waals surface area contributed by atoms with Gasteiger partial charge in [0.15, 0.2) is 0 Å². The van der Waals surface area contributed by atoms with Gasteiger partial charge in [-0.25, -0.2) is 0 Å². The van der Waals surface area contributed by atoms with E-state index in [-0.39, 0.29) is 17.7 Å². The highest BCUT2D eigenvalue weighted by Crippen LogP contribution is 2.24. The van der Waals surface area contributed by atoms with Crippen LogP contribution < -0.4 is 10.5 Å². The number of nitrogens with zero attached hydrogens (tertiary/aromatic N) is 1. The molecule has 118 valence electrons. The molecule has 1 aliphatic rings. The number of benzene rings is 2. The van der Waals surface area contributed by atoms with Crippen LogP contribution in [0.25, 0.3) is 0 Å². The van der Waals surface area contributed by atoms with Crippen LogP contribution in [0.5, 0.6) is 11.5 Å². The Hall–Kier alpha value is -2.82. The van der Waals surface area contributed by atoms with Gasteiger partial charge in [0.1, 0.15) is 11.5 Å². The van der Waals surface area contributed by atoms with Gasteiger partial charge in [0.25, 0.3) is 5.91 Å². The first kappa shape index (κ1) is 15.1. The predicted molar refractivity (Wildman–Crippen MR) is 86.2 cm³/mol. The van der Waals surface area contributed by atoms with E-state index in [0.29, 0.717) is 36.6 Å². The van der Waals surface area contributed by atoms with Crippen molar-refractivity contribution in [1.29, 1.82) is 0 Å². The van der Waals surface area contributed by atoms with Gasteiger partial charge < -0.3 is 15.4 Å². The number of para-hydroxylation sites is 1. The number of hydrogen-bond acceptors (Lipinski definition) is 3. The number of primary amides is 1. The zero-order valence-corrected chi connectivity index (χ0v) is 12.6. The molecule has 0 aromatic heterocycles. The van der Waals surface area contributed by atoms with Crippen molar-refractivity contribution in [3.63, 3.8) is 0 Å². The zero-order chi connectivity index (χ0) is 16.2. The maximum atomic E-state index is 12.5. The monoisotopic (exact) mass is 310 g/mol. The molecule has 1 fully saturated rings. The van der Waals surface area contributed by atoms with E-state index >= 15 is 0 Å². The van der Waals surface area contributed by atoms with Crippen molar-refractivity contribution in [3.8, 4) is 11.5 Å². The van der Waals surface area contributed by atoms with E-state index in [9.17, 15) is 9.59 Å². The van der Waals surface area contributed by atoms with Gasteiger partial charge in [-0.2, -0.15) is 0 Å². The molecule has 2 aromatic rings. The van der Waals surface area contributed by atoms with Crippen molar-refractivity contribution in [1.82, 2.24) is 4.90 Å². The lowest BCUT2D eigenvalue weighted by Crippen LogP contribution is -2.31. The minimum atomic E-state index is -0.346. The average molecular weight is 310 g/mol. The number of likely N-dealkylation sites (tertiary alicyclic amines) is 1. The molecule has 1 aliphatic heterocycles. The lowest BCUT2D eigenvalue weighted by atomic mass is 10.1. The van der Waals surface area contributed by atoms with E-state index < -0.39 is 0 Å². The van der Waals surface area contributed by atoms with Crippen LogP contribution in [0, 0.1) is 5.92 Å². The Bertz CT molecular complexity index is 715. The standard InChI is InChI=1S/C18H18N2O3/c19-17(21)14-9-10-20(12-14)18(22)13-5-4-8-16(11-13)23-15-6-2-1-3-7-15/h1-8,11,14H,9-10,12H2,(H2,19,21)/t14-/m0/s1. The van der Waals surface area contributed by atoms with Crippen LogP contribution in [0.4, 0.5) is 0 Å². The van der Waals surface area contributed by atoms with Crippen molar-refractivity contribution >= 4 is 11.8 Å². The summed E-state index contributed by atoms with van der Waals surface area (Å²) in [5.41, 5.74) is 5.86. The van der Waals surface area contributed by atoms with Gasteiger partial charge in [0.2, 0.25) is 5.91 Å². The number of ether oxygens (including phenoxy) is 1. The largest absolute Gasteiger partial charge is 0.457 e. The van der Waals surface area contributed by atoms with Crippen LogP contribution in [0.3, 0.4) is 0 Å². The van der Waals surface area contributed by atoms with Crippen molar-refractivity contribution in [2.75, 3.05) is 13.1 Å². The summed E-state index contributed by atoms with van der Waals surface area (Å²) in [4.78, 5) is 25.4. The first-order valence-electron chi connectivity index (χ1n) is 7.55. The van der Waals surface area contributed by atoms with Gasteiger partial charge in [-0.05, 0) is 36.8 Å². The first-order valence-corrected chi connectivity index (χ1v) is 7.55. The molecule has 1 heterocycles. The number of carbonyl (C=O) groups excluding carboxylic acids is 2. The van der Waals surface area contributed by atoms with Crippen molar-refractivity contribution in [2.24, 2.45) is 11.7 Å². The Morgan fingerprint density at radius 2 is 1.78 bits per heavy atom. The van der Waals surface area contributed by atoms with Crippen molar-refractivity contribution < 1.29 is 14.3 Å². The molecule has 1 saturated heterocycles. The summed E-state index contributed by atoms with van der Waals surface area (Å²) in [5, 5.41) is 0. The molecule has 2 aromatic carbocycles. The number of carbonyl (C=O) groups is 2. The van der Waals surface area contributed by atoms with Gasteiger partial charge in [0.05, 0.1) is 5.92 Å². The molecule has 5 heteroatoms. The topological polar surface area (TPSA) is 72.6 Å². The number of hydrogen-bond donors (Lipinski definition) is 1. The molecule has 0 bridgehead atoms. The smallest absolute Gasteiger partial charge is 0.254 e. The molecule has 0 spiro atoms. The fourth-order valence-corrected chi connectivity index (χ4v) is 2.68. The van der Waals surface area contributed by atoms with Crippen LogP contribution in [-0.2, 0) is 4.79 Å². The molecule has 23 heavy (non-hydrogen) atoms. The van der Waals surface area contributed by atoms with Crippen molar-refractivity contribution in [2.45, 2.75) is 6.42 Å². The summed E-state index contributed by atoms with van der Waals surface area (Å²) >= 11 is 0. The highest BCUT2D eigenvalue weighted by molar-refractivity contribution is 5.95. The quantitative estimate of drug-likeness (QED) is 0.942. The molecule has 0 radical (unpaired) electrons. The molecule has 0 saturated carbocycles. The lowest BCUT2D eigenvalue weighted by molar-refractivity contribution is -0.121. The fourth-order valence-electron chi connectivity index (χ4n) is 2.68. The second kappa shape index (κ2) is 6.52. The van der Waals surface area contributed by atoms with E-state index in [1.807, 2.05) is 30.3 Å². The predicted octanol–water partition coefficient (Wildman–Crippen LogP) is 2.43. The van der Waals surface area contributed by atoms with E-state index in [0.717, 1.165) is 0 Å². The van der Waals surface area contributed by atoms with Gasteiger partial charge in [-0.15, -0.1) is 0 Å². The Balaban J connectivity index is 1.72. The lowest BCUT2D eigenvalue weighted by Gasteiger charge is -2.16. The van der Waals surface area contributed by atoms with Gasteiger partial charge in [0, 0.05) is 18.7 Å². The van der Waals surface area contributed by atoms with E-state index in [4.69, 9.17) is 10.5 Å². The Morgan fingerprint density at radius 3 is 2.48 bits per heavy atom. The number of amides is 2. The number of rotatable bonds is 4. The van der Waals surface area contributed by atoms with Gasteiger partial charge in [-0.1, -0.05) is 24.3 Å². The molecule has 2 N–H and O–H groups in total. The average Bonchev–Trinajstić information content (AvgIpc) is 3.06. The molecular weight excluding hydrogens is 292 g/mol. The van der Waals surface area contributed by atoms with Gasteiger partial charge in [-0.3, -0.25) is 9.59 Å². The molecule has 3 rings (SSSR count). The van der Waals surface area contributed by atoms with Gasteiger partial charge >= 0.3 is 0 Å². The highest BCUT2D eigenvalue weighted by Gasteiger charge is 2.30. The van der Waals surface area contributed by atoms with E-state index in [1.165, 1.54) is 0 Å². The molecule has 5 nitrogen and oxygen atoms in total. The fraction of sp³-hybridized carbons (Fsp3) is 0.222. The second-order valence-corrected chi connectivity index (χ2v) is 5.58. The summed E-state index contributed by atoms with van der Waals surface area (Å²) in [6, 6.07) is 16.4. The molecule has 1 atom stereocenters. The van der Waals surface area contributed by atoms with Crippen LogP contribution in [0.2, 0.25) is 0 Å². The van der Waals surface area contributed by atoms with Crippen LogP contribution >= 0.6 is 0 Å². The summed E-state index contributed by atoms with van der Waals surface area (Å²) < 4.78 is 5.75. The zero-order valence-electron chi connectivity index (χ0n) is 12.6. The Kier molecular flexibility index (Phi) is 4.28.